The minimum absolute atomic E-state index is 0.0633. The number of amides is 1. The van der Waals surface area contributed by atoms with Gasteiger partial charge in [-0.25, -0.2) is 0 Å². The zero-order chi connectivity index (χ0) is 20.6. The molecule has 0 saturated heterocycles. The smallest absolute Gasteiger partial charge is 0.223 e. The van der Waals surface area contributed by atoms with Crippen molar-refractivity contribution < 1.29 is 14.3 Å². The van der Waals surface area contributed by atoms with Crippen molar-refractivity contribution in [2.75, 3.05) is 7.11 Å². The van der Waals surface area contributed by atoms with Gasteiger partial charge in [0.05, 0.1) is 13.7 Å². The van der Waals surface area contributed by atoms with Gasteiger partial charge in [0.25, 0.3) is 0 Å². The van der Waals surface area contributed by atoms with Gasteiger partial charge >= 0.3 is 0 Å². The highest BCUT2D eigenvalue weighted by molar-refractivity contribution is 7.09. The first-order valence-electron chi connectivity index (χ1n) is 9.27. The topological polar surface area (TPSA) is 46.6 Å². The van der Waals surface area contributed by atoms with Crippen LogP contribution in [0.3, 0.4) is 0 Å². The monoisotopic (exact) mass is 427 g/mol. The van der Waals surface area contributed by atoms with Crippen molar-refractivity contribution in [1.29, 1.82) is 0 Å². The number of para-hydroxylation sites is 1. The van der Waals surface area contributed by atoms with Crippen LogP contribution in [0.4, 0.5) is 0 Å². The van der Waals surface area contributed by atoms with Gasteiger partial charge in [-0.3, -0.25) is 9.59 Å². The van der Waals surface area contributed by atoms with Crippen LogP contribution in [0.25, 0.3) is 0 Å². The molecule has 0 aliphatic rings. The van der Waals surface area contributed by atoms with E-state index < -0.39 is 0 Å². The van der Waals surface area contributed by atoms with Gasteiger partial charge in [-0.2, -0.15) is 0 Å². The molecule has 6 heteroatoms. The number of ether oxygens (including phenoxy) is 1. The molecule has 29 heavy (non-hydrogen) atoms. The standard InChI is InChI=1S/C23H22ClNO3S/c1-28-22-7-3-2-5-18(22)15-25(16-20-6-4-14-29-20)23(27)13-12-21(26)17-8-10-19(24)11-9-17/h2-11,14H,12-13,15-16H2,1H3. The molecule has 3 rings (SSSR count). The third-order valence-electron chi connectivity index (χ3n) is 4.57. The molecule has 0 spiro atoms. The lowest BCUT2D eigenvalue weighted by Gasteiger charge is -2.23. The fourth-order valence-electron chi connectivity index (χ4n) is 3.02. The summed E-state index contributed by atoms with van der Waals surface area (Å²) in [6.45, 7) is 0.930. The molecule has 3 aromatic rings. The predicted molar refractivity (Wildman–Crippen MR) is 117 cm³/mol. The molecule has 4 nitrogen and oxygen atoms in total. The number of benzene rings is 2. The van der Waals surface area contributed by atoms with Crippen LogP contribution in [0.5, 0.6) is 5.75 Å². The summed E-state index contributed by atoms with van der Waals surface area (Å²) in [5.41, 5.74) is 1.50. The molecular weight excluding hydrogens is 406 g/mol. The molecule has 1 aromatic heterocycles. The number of hydrogen-bond acceptors (Lipinski definition) is 4. The highest BCUT2D eigenvalue weighted by Crippen LogP contribution is 2.22. The number of carbonyl (C=O) groups excluding carboxylic acids is 2. The Morgan fingerprint density at radius 2 is 1.72 bits per heavy atom. The second kappa shape index (κ2) is 10.2. The first-order chi connectivity index (χ1) is 14.1. The number of halogens is 1. The first-order valence-corrected chi connectivity index (χ1v) is 10.5. The minimum atomic E-state index is -0.0663. The highest BCUT2D eigenvalue weighted by Gasteiger charge is 2.18. The molecule has 0 bridgehead atoms. The predicted octanol–water partition coefficient (Wildman–Crippen LogP) is 5.60. The number of hydrogen-bond donors (Lipinski definition) is 0. The van der Waals surface area contributed by atoms with E-state index in [1.807, 2.05) is 41.8 Å². The van der Waals surface area contributed by atoms with Crippen molar-refractivity contribution in [2.24, 2.45) is 0 Å². The lowest BCUT2D eigenvalue weighted by molar-refractivity contribution is -0.132. The van der Waals surface area contributed by atoms with Gasteiger partial charge < -0.3 is 9.64 Å². The third kappa shape index (κ3) is 5.92. The average molecular weight is 428 g/mol. The van der Waals surface area contributed by atoms with Crippen LogP contribution < -0.4 is 4.74 Å². The molecule has 0 saturated carbocycles. The Bertz CT molecular complexity index is 955. The number of nitrogens with zero attached hydrogens (tertiary/aromatic N) is 1. The summed E-state index contributed by atoms with van der Waals surface area (Å²) in [4.78, 5) is 28.3. The SMILES string of the molecule is COc1ccccc1CN(Cc1cccs1)C(=O)CCC(=O)c1ccc(Cl)cc1. The summed E-state index contributed by atoms with van der Waals surface area (Å²) in [5.74, 6) is 0.615. The van der Waals surface area contributed by atoms with Crippen molar-refractivity contribution in [3.05, 3.63) is 87.1 Å². The Balaban J connectivity index is 1.70. The van der Waals surface area contributed by atoms with Crippen LogP contribution in [0, 0.1) is 0 Å². The lowest BCUT2D eigenvalue weighted by atomic mass is 10.1. The normalized spacial score (nSPS) is 10.6. The lowest BCUT2D eigenvalue weighted by Crippen LogP contribution is -2.30. The second-order valence-corrected chi connectivity index (χ2v) is 8.04. The number of carbonyl (C=O) groups is 2. The maximum Gasteiger partial charge on any atom is 0.223 e. The Labute approximate surface area is 179 Å². The third-order valence-corrected chi connectivity index (χ3v) is 5.68. The minimum Gasteiger partial charge on any atom is -0.496 e. The van der Waals surface area contributed by atoms with Crippen molar-refractivity contribution >= 4 is 34.6 Å². The van der Waals surface area contributed by atoms with Crippen LogP contribution in [-0.4, -0.2) is 23.7 Å². The molecule has 2 aromatic carbocycles. The highest BCUT2D eigenvalue weighted by atomic mass is 35.5. The summed E-state index contributed by atoms with van der Waals surface area (Å²) in [6.07, 6.45) is 0.315. The van der Waals surface area contributed by atoms with Gasteiger partial charge in [-0.05, 0) is 41.8 Å². The summed E-state index contributed by atoms with van der Waals surface area (Å²) in [5, 5.41) is 2.57. The van der Waals surface area contributed by atoms with Gasteiger partial charge in [-0.15, -0.1) is 11.3 Å². The van der Waals surface area contributed by atoms with E-state index in [9.17, 15) is 9.59 Å². The largest absolute Gasteiger partial charge is 0.496 e. The molecule has 0 unspecified atom stereocenters. The van der Waals surface area contributed by atoms with Crippen LogP contribution >= 0.6 is 22.9 Å². The summed E-state index contributed by atoms with van der Waals surface area (Å²) < 4.78 is 5.43. The molecule has 0 fully saturated rings. The van der Waals surface area contributed by atoms with Crippen molar-refractivity contribution in [1.82, 2.24) is 4.90 Å². The number of thiophene rings is 1. The Morgan fingerprint density at radius 3 is 2.41 bits per heavy atom. The fourth-order valence-corrected chi connectivity index (χ4v) is 3.87. The fraction of sp³-hybridized carbons (Fsp3) is 0.217. The molecule has 0 aliphatic heterocycles. The van der Waals surface area contributed by atoms with Crippen molar-refractivity contribution in [3.8, 4) is 5.75 Å². The van der Waals surface area contributed by atoms with E-state index in [0.717, 1.165) is 16.2 Å². The Hall–Kier alpha value is -2.63. The first kappa shape index (κ1) is 21.1. The molecule has 1 heterocycles. The molecule has 1 amide bonds. The van der Waals surface area contributed by atoms with E-state index in [0.29, 0.717) is 23.7 Å². The molecule has 150 valence electrons. The van der Waals surface area contributed by atoms with E-state index in [1.54, 1.807) is 47.6 Å². The molecule has 0 atom stereocenters. The van der Waals surface area contributed by atoms with Gasteiger partial charge in [0, 0.05) is 40.4 Å². The van der Waals surface area contributed by atoms with E-state index in [1.165, 1.54) is 0 Å². The quantitative estimate of drug-likeness (QED) is 0.417. The van der Waals surface area contributed by atoms with Crippen LogP contribution in [-0.2, 0) is 17.9 Å². The summed E-state index contributed by atoms with van der Waals surface area (Å²) in [6, 6.07) is 18.4. The maximum atomic E-state index is 13.0. The number of ketones is 1. The molecule has 0 N–H and O–H groups in total. The summed E-state index contributed by atoms with van der Waals surface area (Å²) >= 11 is 7.48. The molecular formula is C23H22ClNO3S. The second-order valence-electron chi connectivity index (χ2n) is 6.57. The van der Waals surface area contributed by atoms with Gasteiger partial charge in [0.15, 0.2) is 5.78 Å². The van der Waals surface area contributed by atoms with Crippen LogP contribution in [0.15, 0.2) is 66.0 Å². The van der Waals surface area contributed by atoms with Crippen molar-refractivity contribution in [2.45, 2.75) is 25.9 Å². The number of methoxy groups -OCH3 is 1. The van der Waals surface area contributed by atoms with E-state index in [-0.39, 0.29) is 24.5 Å². The van der Waals surface area contributed by atoms with E-state index in [4.69, 9.17) is 16.3 Å². The zero-order valence-corrected chi connectivity index (χ0v) is 17.7. The molecule has 0 aliphatic carbocycles. The van der Waals surface area contributed by atoms with E-state index >= 15 is 0 Å². The average Bonchev–Trinajstić information content (AvgIpc) is 3.25. The van der Waals surface area contributed by atoms with Gasteiger partial charge in [0.2, 0.25) is 5.91 Å². The van der Waals surface area contributed by atoms with Crippen LogP contribution in [0.1, 0.15) is 33.6 Å². The number of rotatable bonds is 9. The van der Waals surface area contributed by atoms with Gasteiger partial charge in [-0.1, -0.05) is 35.9 Å². The Kier molecular flexibility index (Phi) is 7.44. The number of Topliss-reactive ketones (excluding diaryl/α,β-unsaturated/α-hetero) is 1. The zero-order valence-electron chi connectivity index (χ0n) is 16.1. The molecule has 0 radical (unpaired) electrons. The van der Waals surface area contributed by atoms with Gasteiger partial charge in [0.1, 0.15) is 5.75 Å². The van der Waals surface area contributed by atoms with Crippen molar-refractivity contribution in [3.63, 3.8) is 0 Å². The van der Waals surface area contributed by atoms with E-state index in [2.05, 4.69) is 0 Å². The maximum absolute atomic E-state index is 13.0. The van der Waals surface area contributed by atoms with Crippen LogP contribution in [0.2, 0.25) is 5.02 Å². The Morgan fingerprint density at radius 1 is 0.966 bits per heavy atom. The summed E-state index contributed by atoms with van der Waals surface area (Å²) in [7, 11) is 1.62.